The van der Waals surface area contributed by atoms with Crippen LogP contribution >= 0.6 is 0 Å². The maximum Gasteiger partial charge on any atom is 0.320 e. The van der Waals surface area contributed by atoms with Crippen molar-refractivity contribution in [1.29, 1.82) is 0 Å². The molecule has 0 bridgehead atoms. The maximum absolute atomic E-state index is 10.4. The molecule has 66 valence electrons. The lowest BCUT2D eigenvalue weighted by molar-refractivity contribution is -0.138. The van der Waals surface area contributed by atoms with Crippen LogP contribution in [-0.4, -0.2) is 17.1 Å². The van der Waals surface area contributed by atoms with Crippen molar-refractivity contribution in [2.24, 2.45) is 5.73 Å². The molecule has 0 unspecified atom stereocenters. The van der Waals surface area contributed by atoms with Gasteiger partial charge in [-0.2, -0.15) is 0 Å². The highest BCUT2D eigenvalue weighted by molar-refractivity contribution is 5.73. The van der Waals surface area contributed by atoms with E-state index in [0.29, 0.717) is 5.76 Å². The molecule has 3 N–H and O–H groups in total. The molecule has 0 fully saturated rings. The summed E-state index contributed by atoms with van der Waals surface area (Å²) < 4.78 is 5.04. The number of carboxylic acids is 1. The number of rotatable bonds is 3. The molecule has 4 heteroatoms. The quantitative estimate of drug-likeness (QED) is 0.692. The first-order valence-corrected chi connectivity index (χ1v) is 3.62. The van der Waals surface area contributed by atoms with E-state index in [1.54, 1.807) is 6.07 Å². The third kappa shape index (κ3) is 1.85. The fourth-order valence-corrected chi connectivity index (χ4v) is 0.900. The fraction of sp³-hybridized carbons (Fsp3) is 0.375. The number of hydrogen-bond acceptors (Lipinski definition) is 3. The standard InChI is InChI=1S/C8H11NO3/c1-5-2-3-12-7(5)4-6(9)8(10)11/h2-3,6H,4,9H2,1H3,(H,10,11)/t6-/m1/s1. The number of aryl methyl sites for hydroxylation is 1. The summed E-state index contributed by atoms with van der Waals surface area (Å²) in [5.74, 6) is -0.365. The van der Waals surface area contributed by atoms with Crippen molar-refractivity contribution in [2.45, 2.75) is 19.4 Å². The Morgan fingerprint density at radius 2 is 2.50 bits per heavy atom. The molecule has 0 spiro atoms. The molecule has 0 saturated heterocycles. The van der Waals surface area contributed by atoms with E-state index in [4.69, 9.17) is 15.3 Å². The second kappa shape index (κ2) is 3.40. The van der Waals surface area contributed by atoms with Crippen LogP contribution < -0.4 is 5.73 Å². The molecule has 1 heterocycles. The molecule has 0 saturated carbocycles. The average molecular weight is 169 g/mol. The van der Waals surface area contributed by atoms with Gasteiger partial charge >= 0.3 is 5.97 Å². The van der Waals surface area contributed by atoms with E-state index in [1.165, 1.54) is 6.26 Å². The second-order valence-electron chi connectivity index (χ2n) is 2.68. The lowest BCUT2D eigenvalue weighted by Gasteiger charge is -2.03. The van der Waals surface area contributed by atoms with Crippen LogP contribution in [-0.2, 0) is 11.2 Å². The minimum absolute atomic E-state index is 0.244. The first-order valence-electron chi connectivity index (χ1n) is 3.62. The summed E-state index contributed by atoms with van der Waals surface area (Å²) in [6.45, 7) is 1.85. The van der Waals surface area contributed by atoms with E-state index >= 15 is 0 Å². The largest absolute Gasteiger partial charge is 0.480 e. The smallest absolute Gasteiger partial charge is 0.320 e. The lowest BCUT2D eigenvalue weighted by atomic mass is 10.1. The molecule has 0 aliphatic heterocycles. The van der Waals surface area contributed by atoms with Gasteiger partial charge in [0.2, 0.25) is 0 Å². The SMILES string of the molecule is Cc1ccoc1C[C@@H](N)C(=O)O. The van der Waals surface area contributed by atoms with Gasteiger partial charge in [-0.25, -0.2) is 0 Å². The zero-order chi connectivity index (χ0) is 9.14. The van der Waals surface area contributed by atoms with Gasteiger partial charge in [0, 0.05) is 6.42 Å². The minimum atomic E-state index is -1.01. The van der Waals surface area contributed by atoms with Crippen LogP contribution in [0.5, 0.6) is 0 Å². The first kappa shape index (κ1) is 8.80. The normalized spacial score (nSPS) is 12.8. The van der Waals surface area contributed by atoms with E-state index in [2.05, 4.69) is 0 Å². The van der Waals surface area contributed by atoms with E-state index < -0.39 is 12.0 Å². The van der Waals surface area contributed by atoms with Crippen molar-refractivity contribution in [2.75, 3.05) is 0 Å². The fourth-order valence-electron chi connectivity index (χ4n) is 0.900. The topological polar surface area (TPSA) is 76.5 Å². The minimum Gasteiger partial charge on any atom is -0.480 e. The van der Waals surface area contributed by atoms with Gasteiger partial charge in [0.1, 0.15) is 11.8 Å². The van der Waals surface area contributed by atoms with Crippen molar-refractivity contribution in [1.82, 2.24) is 0 Å². The number of hydrogen-bond donors (Lipinski definition) is 2. The highest BCUT2D eigenvalue weighted by atomic mass is 16.4. The molecule has 1 atom stereocenters. The van der Waals surface area contributed by atoms with E-state index in [9.17, 15) is 4.79 Å². The molecule has 1 rings (SSSR count). The number of carbonyl (C=O) groups is 1. The van der Waals surface area contributed by atoms with Gasteiger partial charge in [-0.3, -0.25) is 4.79 Å². The van der Waals surface area contributed by atoms with Crippen LogP contribution in [0.15, 0.2) is 16.7 Å². The van der Waals surface area contributed by atoms with Crippen LogP contribution in [0.25, 0.3) is 0 Å². The molecule has 0 radical (unpaired) electrons. The van der Waals surface area contributed by atoms with Crippen molar-refractivity contribution < 1.29 is 14.3 Å². The Kier molecular flexibility index (Phi) is 2.50. The Bertz CT molecular complexity index is 280. The van der Waals surface area contributed by atoms with Crippen LogP contribution in [0.3, 0.4) is 0 Å². The summed E-state index contributed by atoms with van der Waals surface area (Å²) in [6.07, 6.45) is 1.77. The Morgan fingerprint density at radius 1 is 1.83 bits per heavy atom. The molecule has 0 amide bonds. The van der Waals surface area contributed by atoms with Crippen molar-refractivity contribution in [3.63, 3.8) is 0 Å². The number of carboxylic acid groups (broad SMARTS) is 1. The summed E-state index contributed by atoms with van der Waals surface area (Å²) in [5, 5.41) is 8.51. The first-order chi connectivity index (χ1) is 5.61. The number of aliphatic carboxylic acids is 1. The van der Waals surface area contributed by atoms with Crippen molar-refractivity contribution in [3.05, 3.63) is 23.7 Å². The second-order valence-corrected chi connectivity index (χ2v) is 2.68. The highest BCUT2D eigenvalue weighted by Gasteiger charge is 2.14. The molecule has 1 aromatic rings. The zero-order valence-corrected chi connectivity index (χ0v) is 6.78. The summed E-state index contributed by atoms with van der Waals surface area (Å²) in [5.41, 5.74) is 6.25. The third-order valence-electron chi connectivity index (χ3n) is 1.69. The van der Waals surface area contributed by atoms with Crippen LogP contribution in [0.4, 0.5) is 0 Å². The van der Waals surface area contributed by atoms with E-state index in [0.717, 1.165) is 5.56 Å². The van der Waals surface area contributed by atoms with Crippen LogP contribution in [0, 0.1) is 6.92 Å². The van der Waals surface area contributed by atoms with Gasteiger partial charge in [-0.1, -0.05) is 0 Å². The predicted octanol–water partition coefficient (Wildman–Crippen LogP) is 0.542. The Morgan fingerprint density at radius 3 is 2.92 bits per heavy atom. The molecule has 0 aromatic carbocycles. The molecule has 0 aliphatic rings. The van der Waals surface area contributed by atoms with Crippen LogP contribution in [0.2, 0.25) is 0 Å². The molecule has 1 aromatic heterocycles. The van der Waals surface area contributed by atoms with Crippen molar-refractivity contribution >= 4 is 5.97 Å². The zero-order valence-electron chi connectivity index (χ0n) is 6.78. The van der Waals surface area contributed by atoms with Gasteiger partial charge in [0.15, 0.2) is 0 Å². The Hall–Kier alpha value is -1.29. The monoisotopic (exact) mass is 169 g/mol. The van der Waals surface area contributed by atoms with Gasteiger partial charge in [-0.05, 0) is 18.6 Å². The summed E-state index contributed by atoms with van der Waals surface area (Å²) >= 11 is 0. The summed E-state index contributed by atoms with van der Waals surface area (Å²) in [7, 11) is 0. The average Bonchev–Trinajstić information content (AvgIpc) is 2.36. The van der Waals surface area contributed by atoms with E-state index in [-0.39, 0.29) is 6.42 Å². The summed E-state index contributed by atoms with van der Waals surface area (Å²) in [4.78, 5) is 10.4. The van der Waals surface area contributed by atoms with Crippen LogP contribution in [0.1, 0.15) is 11.3 Å². The predicted molar refractivity (Wildman–Crippen MR) is 42.8 cm³/mol. The van der Waals surface area contributed by atoms with Gasteiger partial charge in [-0.15, -0.1) is 0 Å². The Labute approximate surface area is 70.0 Å². The number of furan rings is 1. The Balaban J connectivity index is 2.64. The molecule has 12 heavy (non-hydrogen) atoms. The molecular weight excluding hydrogens is 158 g/mol. The highest BCUT2D eigenvalue weighted by Crippen LogP contribution is 2.10. The van der Waals surface area contributed by atoms with Crippen molar-refractivity contribution in [3.8, 4) is 0 Å². The maximum atomic E-state index is 10.4. The molecule has 4 nitrogen and oxygen atoms in total. The summed E-state index contributed by atoms with van der Waals surface area (Å²) in [6, 6.07) is 0.902. The lowest BCUT2D eigenvalue weighted by Crippen LogP contribution is -2.32. The van der Waals surface area contributed by atoms with Gasteiger partial charge in [0.05, 0.1) is 6.26 Å². The van der Waals surface area contributed by atoms with Gasteiger partial charge in [0.25, 0.3) is 0 Å². The van der Waals surface area contributed by atoms with E-state index in [1.807, 2.05) is 6.92 Å². The third-order valence-corrected chi connectivity index (χ3v) is 1.69. The van der Waals surface area contributed by atoms with Gasteiger partial charge < -0.3 is 15.3 Å². The molecule has 0 aliphatic carbocycles. The number of nitrogens with two attached hydrogens (primary N) is 1. The molecular formula is C8H11NO3.